The van der Waals surface area contributed by atoms with E-state index in [0.29, 0.717) is 18.0 Å². The first-order valence-electron chi connectivity index (χ1n) is 9.23. The maximum absolute atomic E-state index is 13.2. The van der Waals surface area contributed by atoms with Crippen molar-refractivity contribution < 1.29 is 19.1 Å². The maximum Gasteiger partial charge on any atom is 0.232 e. The predicted molar refractivity (Wildman–Crippen MR) is 100 cm³/mol. The molecule has 2 amide bonds. The molecule has 0 spiro atoms. The maximum atomic E-state index is 13.2. The second-order valence-electron chi connectivity index (χ2n) is 7.33. The zero-order chi connectivity index (χ0) is 18.5. The van der Waals surface area contributed by atoms with Crippen LogP contribution in [0.3, 0.4) is 0 Å². The van der Waals surface area contributed by atoms with E-state index in [1.54, 1.807) is 17.0 Å². The molecule has 0 aromatic heterocycles. The Bertz CT molecular complexity index is 942. The van der Waals surface area contributed by atoms with Crippen LogP contribution in [0.2, 0.25) is 0 Å². The van der Waals surface area contributed by atoms with Gasteiger partial charge in [0, 0.05) is 36.4 Å². The number of benzene rings is 2. The molecule has 1 fully saturated rings. The second-order valence-corrected chi connectivity index (χ2v) is 7.33. The first-order valence-corrected chi connectivity index (χ1v) is 9.23. The number of fused-ring (bicyclic) bond motifs is 2. The average molecular weight is 364 g/mol. The number of hydrogen-bond donors (Lipinski definition) is 0. The molecule has 2 aromatic carbocycles. The average Bonchev–Trinajstić information content (AvgIpc) is 3.36. The third-order valence-corrected chi connectivity index (χ3v) is 5.59. The largest absolute Gasteiger partial charge is 0.454 e. The van der Waals surface area contributed by atoms with Crippen molar-refractivity contribution in [3.8, 4) is 11.5 Å². The molecule has 1 saturated heterocycles. The lowest BCUT2D eigenvalue weighted by molar-refractivity contribution is -0.124. The SMILES string of the molecule is C[C@@H]1Cc2ccccc2N1C(=O)[C@@H]1CC(=O)N(c2ccc3c(c2)OCO3)C1. The number of carbonyl (C=O) groups is 2. The predicted octanol–water partition coefficient (Wildman–Crippen LogP) is 2.75. The van der Waals surface area contributed by atoms with E-state index in [0.717, 1.165) is 17.8 Å². The van der Waals surface area contributed by atoms with Crippen LogP contribution >= 0.6 is 0 Å². The molecule has 2 atom stereocenters. The highest BCUT2D eigenvalue weighted by molar-refractivity contribution is 6.05. The first-order chi connectivity index (χ1) is 13.1. The van der Waals surface area contributed by atoms with Gasteiger partial charge >= 0.3 is 0 Å². The highest BCUT2D eigenvalue weighted by atomic mass is 16.7. The monoisotopic (exact) mass is 364 g/mol. The van der Waals surface area contributed by atoms with Crippen LogP contribution in [0.1, 0.15) is 18.9 Å². The van der Waals surface area contributed by atoms with Gasteiger partial charge in [-0.05, 0) is 37.1 Å². The van der Waals surface area contributed by atoms with Crippen LogP contribution in [0.15, 0.2) is 42.5 Å². The standard InChI is InChI=1S/C21H20N2O4/c1-13-8-14-4-2-3-5-17(14)23(13)21(25)15-9-20(24)22(11-15)16-6-7-18-19(10-16)27-12-26-18/h2-7,10,13,15H,8-9,11-12H2,1H3/t13-,15-/m1/s1. The van der Waals surface area contributed by atoms with Crippen LogP contribution in [-0.4, -0.2) is 31.2 Å². The third-order valence-electron chi connectivity index (χ3n) is 5.59. The van der Waals surface area contributed by atoms with Gasteiger partial charge in [0.1, 0.15) is 0 Å². The molecular formula is C21H20N2O4. The molecule has 2 aromatic rings. The number of carbonyl (C=O) groups excluding carboxylic acids is 2. The van der Waals surface area contributed by atoms with E-state index in [4.69, 9.17) is 9.47 Å². The van der Waals surface area contributed by atoms with Crippen molar-refractivity contribution in [3.05, 3.63) is 48.0 Å². The minimum absolute atomic E-state index is 0.0315. The number of nitrogens with zero attached hydrogens (tertiary/aromatic N) is 2. The number of hydrogen-bond acceptors (Lipinski definition) is 4. The van der Waals surface area contributed by atoms with E-state index in [1.165, 1.54) is 5.56 Å². The van der Waals surface area contributed by atoms with Crippen LogP contribution in [0, 0.1) is 5.92 Å². The topological polar surface area (TPSA) is 59.1 Å². The van der Waals surface area contributed by atoms with Gasteiger partial charge in [-0.2, -0.15) is 0 Å². The van der Waals surface area contributed by atoms with Gasteiger partial charge < -0.3 is 19.3 Å². The summed E-state index contributed by atoms with van der Waals surface area (Å²) >= 11 is 0. The van der Waals surface area contributed by atoms with Gasteiger partial charge in [0.25, 0.3) is 0 Å². The Morgan fingerprint density at radius 1 is 1.07 bits per heavy atom. The zero-order valence-electron chi connectivity index (χ0n) is 15.1. The van der Waals surface area contributed by atoms with E-state index in [2.05, 4.69) is 13.0 Å². The normalized spacial score (nSPS) is 23.1. The summed E-state index contributed by atoms with van der Waals surface area (Å²) in [5, 5.41) is 0. The Morgan fingerprint density at radius 3 is 2.78 bits per heavy atom. The molecule has 0 unspecified atom stereocenters. The van der Waals surface area contributed by atoms with Gasteiger partial charge in [-0.1, -0.05) is 18.2 Å². The molecule has 0 radical (unpaired) electrons. The molecule has 3 heterocycles. The summed E-state index contributed by atoms with van der Waals surface area (Å²) in [6.45, 7) is 2.65. The molecule has 3 aliphatic heterocycles. The van der Waals surface area contributed by atoms with Crippen molar-refractivity contribution in [3.63, 3.8) is 0 Å². The lowest BCUT2D eigenvalue weighted by Crippen LogP contribution is -2.41. The van der Waals surface area contributed by atoms with Crippen molar-refractivity contribution in [2.75, 3.05) is 23.1 Å². The first kappa shape index (κ1) is 16.2. The lowest BCUT2D eigenvalue weighted by atomic mass is 10.1. The summed E-state index contributed by atoms with van der Waals surface area (Å²) in [5.41, 5.74) is 2.91. The molecule has 6 heteroatoms. The molecule has 0 bridgehead atoms. The fourth-order valence-electron chi connectivity index (χ4n) is 4.27. The summed E-state index contributed by atoms with van der Waals surface area (Å²) in [6.07, 6.45) is 1.09. The molecule has 0 aliphatic carbocycles. The second kappa shape index (κ2) is 6.01. The van der Waals surface area contributed by atoms with Gasteiger partial charge in [-0.25, -0.2) is 0 Å². The van der Waals surface area contributed by atoms with E-state index in [-0.39, 0.29) is 37.0 Å². The fourth-order valence-corrected chi connectivity index (χ4v) is 4.27. The number of amides is 2. The Balaban J connectivity index is 1.38. The van der Waals surface area contributed by atoms with Gasteiger partial charge in [0.05, 0.1) is 5.92 Å². The molecule has 0 N–H and O–H groups in total. The van der Waals surface area contributed by atoms with Crippen molar-refractivity contribution in [2.24, 2.45) is 5.92 Å². The number of anilines is 2. The molecule has 138 valence electrons. The van der Waals surface area contributed by atoms with Crippen LogP contribution in [-0.2, 0) is 16.0 Å². The number of ether oxygens (including phenoxy) is 2. The summed E-state index contributed by atoms with van der Waals surface area (Å²) in [5.74, 6) is 0.977. The molecule has 0 saturated carbocycles. The zero-order valence-corrected chi connectivity index (χ0v) is 15.1. The highest BCUT2D eigenvalue weighted by Gasteiger charge is 2.41. The van der Waals surface area contributed by atoms with E-state index < -0.39 is 0 Å². The summed E-state index contributed by atoms with van der Waals surface area (Å²) in [6, 6.07) is 13.6. The Hall–Kier alpha value is -3.02. The minimum atomic E-state index is -0.337. The van der Waals surface area contributed by atoms with E-state index in [1.807, 2.05) is 29.2 Å². The third kappa shape index (κ3) is 2.55. The molecule has 6 nitrogen and oxygen atoms in total. The smallest absolute Gasteiger partial charge is 0.232 e. The Morgan fingerprint density at radius 2 is 1.89 bits per heavy atom. The summed E-state index contributed by atoms with van der Waals surface area (Å²) < 4.78 is 10.7. The molecular weight excluding hydrogens is 344 g/mol. The highest BCUT2D eigenvalue weighted by Crippen LogP contribution is 2.38. The van der Waals surface area contributed by atoms with Gasteiger partial charge in [-0.3, -0.25) is 9.59 Å². The van der Waals surface area contributed by atoms with Crippen LogP contribution < -0.4 is 19.3 Å². The van der Waals surface area contributed by atoms with Crippen molar-refractivity contribution in [1.82, 2.24) is 0 Å². The molecule has 3 aliphatic rings. The molecule has 5 rings (SSSR count). The summed E-state index contributed by atoms with van der Waals surface area (Å²) in [7, 11) is 0. The Labute approximate surface area is 157 Å². The fraction of sp³-hybridized carbons (Fsp3) is 0.333. The van der Waals surface area contributed by atoms with Gasteiger partial charge in [0.15, 0.2) is 11.5 Å². The van der Waals surface area contributed by atoms with Crippen LogP contribution in [0.4, 0.5) is 11.4 Å². The number of para-hydroxylation sites is 1. The van der Waals surface area contributed by atoms with Crippen LogP contribution in [0.5, 0.6) is 11.5 Å². The van der Waals surface area contributed by atoms with Gasteiger partial charge in [0.2, 0.25) is 18.6 Å². The van der Waals surface area contributed by atoms with Crippen molar-refractivity contribution in [1.29, 1.82) is 0 Å². The van der Waals surface area contributed by atoms with E-state index in [9.17, 15) is 9.59 Å². The molecule has 27 heavy (non-hydrogen) atoms. The lowest BCUT2D eigenvalue weighted by Gasteiger charge is -2.26. The summed E-state index contributed by atoms with van der Waals surface area (Å²) in [4.78, 5) is 29.4. The van der Waals surface area contributed by atoms with Crippen LogP contribution in [0.25, 0.3) is 0 Å². The Kier molecular flexibility index (Phi) is 3.60. The van der Waals surface area contributed by atoms with Crippen molar-refractivity contribution in [2.45, 2.75) is 25.8 Å². The number of rotatable bonds is 2. The van der Waals surface area contributed by atoms with Gasteiger partial charge in [-0.15, -0.1) is 0 Å². The minimum Gasteiger partial charge on any atom is -0.454 e. The van der Waals surface area contributed by atoms with Crippen molar-refractivity contribution >= 4 is 23.2 Å². The van der Waals surface area contributed by atoms with E-state index >= 15 is 0 Å². The quantitative estimate of drug-likeness (QED) is 0.822.